The summed E-state index contributed by atoms with van der Waals surface area (Å²) in [6, 6.07) is 0. The molecule has 0 amide bonds. The highest BCUT2D eigenvalue weighted by Crippen LogP contribution is 2.70. The Kier molecular flexibility index (Phi) is 4.07. The zero-order valence-corrected chi connectivity index (χ0v) is 11.5. The lowest BCUT2D eigenvalue weighted by Gasteiger charge is -2.31. The van der Waals surface area contributed by atoms with Crippen molar-refractivity contribution in [3.63, 3.8) is 0 Å². The van der Waals surface area contributed by atoms with Gasteiger partial charge in [-0.2, -0.15) is 35.1 Å². The van der Waals surface area contributed by atoms with Crippen LogP contribution in [0.3, 0.4) is 0 Å². The summed E-state index contributed by atoms with van der Waals surface area (Å²) in [5.74, 6) is -27.7. The van der Waals surface area contributed by atoms with Crippen LogP contribution in [-0.2, 0) is 9.53 Å². The molecule has 1 saturated carbocycles. The first-order valence-electron chi connectivity index (χ1n) is 5.04. The number of alkyl halides is 10. The summed E-state index contributed by atoms with van der Waals surface area (Å²) in [4.78, 5) is 8.63. The van der Waals surface area contributed by atoms with Gasteiger partial charge < -0.3 is 4.74 Å². The molecule has 1 fully saturated rings. The second-order valence-corrected chi connectivity index (χ2v) is 5.40. The lowest BCUT2D eigenvalue weighted by Crippen LogP contribution is -2.56. The van der Waals surface area contributed by atoms with Crippen molar-refractivity contribution in [3.05, 3.63) is 0 Å². The third kappa shape index (κ3) is 1.89. The van der Waals surface area contributed by atoms with Gasteiger partial charge in [-0.1, -0.05) is 15.9 Å². The van der Waals surface area contributed by atoms with E-state index < -0.39 is 46.6 Å². The van der Waals surface area contributed by atoms with Crippen LogP contribution < -0.4 is 0 Å². The van der Waals surface area contributed by atoms with Crippen LogP contribution in [0.4, 0.5) is 39.5 Å². The van der Waals surface area contributed by atoms with E-state index in [0.717, 1.165) is 0 Å². The van der Waals surface area contributed by atoms with Crippen LogP contribution in [0.25, 0.3) is 0 Å². The first kappa shape index (κ1) is 18.4. The van der Waals surface area contributed by atoms with Crippen LogP contribution >= 0.6 is 15.9 Å². The highest BCUT2D eigenvalue weighted by atomic mass is 79.9. The van der Waals surface area contributed by atoms with Gasteiger partial charge in [-0.15, -0.1) is 0 Å². The number of hydrogen-bond donors (Lipinski definition) is 0. The minimum absolute atomic E-state index is 0.662. The van der Waals surface area contributed by atoms with Gasteiger partial charge in [0, 0.05) is 6.42 Å². The SMILES string of the molecule is COC(=O)C(Br)CC1(F)C(F)(F)C(F)(F)C(F)(F)C1(F)F. The summed E-state index contributed by atoms with van der Waals surface area (Å²) in [7, 11) is 0.662. The van der Waals surface area contributed by atoms with E-state index >= 15 is 0 Å². The standard InChI is InChI=1S/C9H6BrF9O2/c1-21-4(20)3(10)2-5(11)6(12,13)8(16,17)9(18,19)7(5,14)15/h3H,2H2,1H3. The first-order chi connectivity index (χ1) is 9.12. The maximum atomic E-state index is 13.9. The third-order valence-corrected chi connectivity index (χ3v) is 3.79. The van der Waals surface area contributed by atoms with Gasteiger partial charge in [-0.25, -0.2) is 4.39 Å². The number of hydrogen-bond acceptors (Lipinski definition) is 2. The van der Waals surface area contributed by atoms with Crippen molar-refractivity contribution in [2.24, 2.45) is 0 Å². The van der Waals surface area contributed by atoms with E-state index in [9.17, 15) is 44.3 Å². The van der Waals surface area contributed by atoms with Gasteiger partial charge in [-0.05, 0) is 0 Å². The molecule has 0 aromatic heterocycles. The molecule has 2 nitrogen and oxygen atoms in total. The van der Waals surface area contributed by atoms with E-state index in [1.54, 1.807) is 0 Å². The van der Waals surface area contributed by atoms with Crippen LogP contribution in [-0.4, -0.2) is 47.3 Å². The van der Waals surface area contributed by atoms with Crippen molar-refractivity contribution in [2.75, 3.05) is 7.11 Å². The van der Waals surface area contributed by atoms with E-state index in [1.807, 2.05) is 0 Å². The number of rotatable bonds is 3. The first-order valence-corrected chi connectivity index (χ1v) is 5.95. The molecule has 0 aliphatic heterocycles. The Morgan fingerprint density at radius 3 is 1.52 bits per heavy atom. The molecule has 1 rings (SSSR count). The van der Waals surface area contributed by atoms with Crippen molar-refractivity contribution in [1.29, 1.82) is 0 Å². The van der Waals surface area contributed by atoms with Crippen molar-refractivity contribution in [2.45, 2.75) is 40.6 Å². The minimum atomic E-state index is -6.64. The van der Waals surface area contributed by atoms with E-state index in [0.29, 0.717) is 7.11 Å². The van der Waals surface area contributed by atoms with Gasteiger partial charge in [0.05, 0.1) is 7.11 Å². The average molecular weight is 397 g/mol. The molecule has 0 saturated heterocycles. The zero-order valence-electron chi connectivity index (χ0n) is 9.88. The van der Waals surface area contributed by atoms with Gasteiger partial charge in [0.25, 0.3) is 5.67 Å². The zero-order chi connectivity index (χ0) is 17.1. The summed E-state index contributed by atoms with van der Waals surface area (Å²) >= 11 is 2.16. The molecule has 0 heterocycles. The summed E-state index contributed by atoms with van der Waals surface area (Å²) in [6.07, 6.45) is -2.34. The average Bonchev–Trinajstić information content (AvgIpc) is 2.39. The predicted octanol–water partition coefficient (Wildman–Crippen LogP) is 3.58. The molecule has 0 aromatic carbocycles. The molecule has 0 N–H and O–H groups in total. The summed E-state index contributed by atoms with van der Waals surface area (Å²) < 4.78 is 122. The van der Waals surface area contributed by atoms with Gasteiger partial charge in [0.1, 0.15) is 4.83 Å². The number of methoxy groups -OCH3 is 1. The number of carbonyl (C=O) groups is 1. The molecular weight excluding hydrogens is 391 g/mol. The fourth-order valence-corrected chi connectivity index (χ4v) is 2.44. The Bertz CT molecular complexity index is 424. The van der Waals surface area contributed by atoms with Gasteiger partial charge in [0.15, 0.2) is 0 Å². The largest absolute Gasteiger partial charge is 0.468 e. The van der Waals surface area contributed by atoms with Crippen LogP contribution in [0.5, 0.6) is 0 Å². The predicted molar refractivity (Wildman–Crippen MR) is 53.0 cm³/mol. The molecule has 124 valence electrons. The van der Waals surface area contributed by atoms with Gasteiger partial charge >= 0.3 is 29.7 Å². The molecule has 0 radical (unpaired) electrons. The quantitative estimate of drug-likeness (QED) is 0.414. The Morgan fingerprint density at radius 2 is 1.24 bits per heavy atom. The summed E-state index contributed by atoms with van der Waals surface area (Å²) in [5, 5.41) is 0. The fraction of sp³-hybridized carbons (Fsp3) is 0.889. The van der Waals surface area contributed by atoms with E-state index in [4.69, 9.17) is 0 Å². The van der Waals surface area contributed by atoms with Gasteiger partial charge in [0.2, 0.25) is 0 Å². The third-order valence-electron chi connectivity index (χ3n) is 3.10. The maximum absolute atomic E-state index is 13.9. The summed E-state index contributed by atoms with van der Waals surface area (Å²) in [5.41, 5.74) is -5.66. The highest BCUT2D eigenvalue weighted by molar-refractivity contribution is 9.10. The number of esters is 1. The highest BCUT2D eigenvalue weighted by Gasteiger charge is 3.00. The minimum Gasteiger partial charge on any atom is -0.468 e. The molecule has 1 unspecified atom stereocenters. The van der Waals surface area contributed by atoms with E-state index in [1.165, 1.54) is 0 Å². The smallest absolute Gasteiger partial charge is 0.381 e. The van der Waals surface area contributed by atoms with Crippen molar-refractivity contribution >= 4 is 21.9 Å². The van der Waals surface area contributed by atoms with Crippen LogP contribution in [0.1, 0.15) is 6.42 Å². The molecule has 21 heavy (non-hydrogen) atoms. The van der Waals surface area contributed by atoms with Gasteiger partial charge in [-0.3, -0.25) is 4.79 Å². The molecule has 1 aliphatic rings. The number of ether oxygens (including phenoxy) is 1. The Labute approximate surface area is 119 Å². The van der Waals surface area contributed by atoms with E-state index in [2.05, 4.69) is 20.7 Å². The van der Waals surface area contributed by atoms with Crippen molar-refractivity contribution in [1.82, 2.24) is 0 Å². The van der Waals surface area contributed by atoms with Crippen LogP contribution in [0.2, 0.25) is 0 Å². The molecule has 12 heteroatoms. The molecular formula is C9H6BrF9O2. The van der Waals surface area contributed by atoms with Crippen LogP contribution in [0, 0.1) is 0 Å². The Balaban J connectivity index is 3.42. The topological polar surface area (TPSA) is 26.3 Å². The Morgan fingerprint density at radius 1 is 0.905 bits per heavy atom. The monoisotopic (exact) mass is 396 g/mol. The normalized spacial score (nSPS) is 28.9. The van der Waals surface area contributed by atoms with Crippen LogP contribution in [0.15, 0.2) is 0 Å². The maximum Gasteiger partial charge on any atom is 0.381 e. The second kappa shape index (κ2) is 4.66. The molecule has 1 atom stereocenters. The molecule has 0 aromatic rings. The second-order valence-electron chi connectivity index (χ2n) is 4.29. The Hall–Kier alpha value is -0.680. The lowest BCUT2D eigenvalue weighted by molar-refractivity contribution is -0.303. The summed E-state index contributed by atoms with van der Waals surface area (Å²) in [6.45, 7) is 0. The van der Waals surface area contributed by atoms with Crippen molar-refractivity contribution < 1.29 is 49.0 Å². The van der Waals surface area contributed by atoms with E-state index in [-0.39, 0.29) is 0 Å². The molecule has 0 spiro atoms. The number of carbonyl (C=O) groups excluding carboxylic acids is 1. The number of halogens is 10. The fourth-order valence-electron chi connectivity index (χ4n) is 1.80. The van der Waals surface area contributed by atoms with Crippen molar-refractivity contribution in [3.8, 4) is 0 Å². The molecule has 1 aliphatic carbocycles. The molecule has 0 bridgehead atoms. The lowest BCUT2D eigenvalue weighted by atomic mass is 9.91.